The quantitative estimate of drug-likeness (QED) is 0.583. The normalized spacial score (nSPS) is 10.8. The second-order valence-corrected chi connectivity index (χ2v) is 5.26. The summed E-state index contributed by atoms with van der Waals surface area (Å²) in [6, 6.07) is 12.9. The van der Waals surface area contributed by atoms with Crippen molar-refractivity contribution in [2.24, 2.45) is 5.10 Å². The first kappa shape index (κ1) is 15.7. The van der Waals surface area contributed by atoms with Crippen LogP contribution in [0.2, 0.25) is 10.0 Å². The Morgan fingerprint density at radius 2 is 1.90 bits per heavy atom. The predicted molar refractivity (Wildman–Crippen MR) is 89.9 cm³/mol. The molecule has 0 saturated heterocycles. The van der Waals surface area contributed by atoms with Gasteiger partial charge in [0.1, 0.15) is 5.75 Å². The Bertz CT molecular complexity index is 612. The van der Waals surface area contributed by atoms with Crippen molar-refractivity contribution < 1.29 is 4.74 Å². The summed E-state index contributed by atoms with van der Waals surface area (Å²) in [5.41, 5.74) is 4.68. The third-order valence-electron chi connectivity index (χ3n) is 2.67. The number of rotatable bonds is 6. The first-order valence-corrected chi connectivity index (χ1v) is 7.41. The van der Waals surface area contributed by atoms with Gasteiger partial charge in [0.15, 0.2) is 0 Å². The maximum Gasteiger partial charge on any atom is 0.137 e. The summed E-state index contributed by atoms with van der Waals surface area (Å²) in [6.07, 6.45) is 2.65. The van der Waals surface area contributed by atoms with Gasteiger partial charge in [0.2, 0.25) is 0 Å². The van der Waals surface area contributed by atoms with Gasteiger partial charge >= 0.3 is 0 Å². The fraction of sp³-hybridized carbons (Fsp3) is 0.188. The molecule has 0 aliphatic heterocycles. The average molecular weight is 323 g/mol. The number of nitrogens with zero attached hydrogens (tertiary/aromatic N) is 1. The topological polar surface area (TPSA) is 33.6 Å². The minimum atomic E-state index is 0.582. The van der Waals surface area contributed by atoms with Crippen LogP contribution in [0.4, 0.5) is 5.69 Å². The van der Waals surface area contributed by atoms with Crippen molar-refractivity contribution in [3.05, 3.63) is 58.1 Å². The van der Waals surface area contributed by atoms with E-state index in [1.165, 1.54) is 0 Å². The van der Waals surface area contributed by atoms with E-state index < -0.39 is 0 Å². The fourth-order valence-electron chi connectivity index (χ4n) is 1.63. The Labute approximate surface area is 134 Å². The zero-order chi connectivity index (χ0) is 15.1. The lowest BCUT2D eigenvalue weighted by atomic mass is 10.2. The van der Waals surface area contributed by atoms with Crippen molar-refractivity contribution in [1.29, 1.82) is 0 Å². The fourth-order valence-corrected chi connectivity index (χ4v) is 2.00. The van der Waals surface area contributed by atoms with E-state index in [9.17, 15) is 0 Å². The monoisotopic (exact) mass is 322 g/mol. The SMILES string of the molecule is CCCOc1ccc(/C=N/Nc2ccc(Cl)cc2)cc1Cl. The van der Waals surface area contributed by atoms with Crippen LogP contribution in [0, 0.1) is 0 Å². The van der Waals surface area contributed by atoms with Gasteiger partial charge in [0, 0.05) is 5.02 Å². The van der Waals surface area contributed by atoms with Crippen LogP contribution >= 0.6 is 23.2 Å². The Balaban J connectivity index is 1.97. The van der Waals surface area contributed by atoms with E-state index in [0.717, 1.165) is 17.7 Å². The molecule has 2 aromatic carbocycles. The summed E-state index contributed by atoms with van der Waals surface area (Å²) in [5, 5.41) is 5.43. The Kier molecular flexibility index (Phi) is 5.90. The first-order chi connectivity index (χ1) is 10.2. The minimum absolute atomic E-state index is 0.582. The maximum atomic E-state index is 6.16. The molecule has 0 aliphatic rings. The third-order valence-corrected chi connectivity index (χ3v) is 3.22. The molecule has 110 valence electrons. The van der Waals surface area contributed by atoms with Crippen LogP contribution < -0.4 is 10.2 Å². The first-order valence-electron chi connectivity index (χ1n) is 6.66. The van der Waals surface area contributed by atoms with E-state index in [1.54, 1.807) is 18.3 Å². The van der Waals surface area contributed by atoms with Gasteiger partial charge in [-0.2, -0.15) is 5.10 Å². The van der Waals surface area contributed by atoms with Gasteiger partial charge in [-0.05, 0) is 54.4 Å². The number of benzene rings is 2. The summed E-state index contributed by atoms with van der Waals surface area (Å²) < 4.78 is 5.52. The van der Waals surface area contributed by atoms with Gasteiger partial charge in [-0.25, -0.2) is 0 Å². The van der Waals surface area contributed by atoms with Gasteiger partial charge < -0.3 is 4.74 Å². The molecule has 0 fully saturated rings. The molecule has 1 N–H and O–H groups in total. The molecule has 2 aromatic rings. The van der Waals surface area contributed by atoms with Gasteiger partial charge in [0.05, 0.1) is 23.5 Å². The Morgan fingerprint density at radius 1 is 1.14 bits per heavy atom. The second kappa shape index (κ2) is 7.91. The largest absolute Gasteiger partial charge is 0.492 e. The standard InChI is InChI=1S/C16H16Cl2N2O/c1-2-9-21-16-8-3-12(10-15(16)18)11-19-20-14-6-4-13(17)5-7-14/h3-8,10-11,20H,2,9H2,1H3/b19-11+. The number of hydrazone groups is 1. The van der Waals surface area contributed by atoms with E-state index in [-0.39, 0.29) is 0 Å². The molecular weight excluding hydrogens is 307 g/mol. The summed E-state index contributed by atoms with van der Waals surface area (Å²) in [4.78, 5) is 0. The molecule has 3 nitrogen and oxygen atoms in total. The highest BCUT2D eigenvalue weighted by molar-refractivity contribution is 6.32. The molecule has 0 atom stereocenters. The van der Waals surface area contributed by atoms with E-state index in [1.807, 2.05) is 30.3 Å². The smallest absolute Gasteiger partial charge is 0.137 e. The van der Waals surface area contributed by atoms with Crippen LogP contribution in [0.3, 0.4) is 0 Å². The average Bonchev–Trinajstić information content (AvgIpc) is 2.48. The number of nitrogens with one attached hydrogen (secondary N) is 1. The molecule has 0 aliphatic carbocycles. The van der Waals surface area contributed by atoms with Crippen molar-refractivity contribution >= 4 is 35.1 Å². The molecule has 0 aromatic heterocycles. The van der Waals surface area contributed by atoms with Gasteiger partial charge in [-0.3, -0.25) is 5.43 Å². The minimum Gasteiger partial charge on any atom is -0.492 e. The number of ether oxygens (including phenoxy) is 1. The Hall–Kier alpha value is -1.71. The van der Waals surface area contributed by atoms with E-state index in [4.69, 9.17) is 27.9 Å². The van der Waals surface area contributed by atoms with Crippen molar-refractivity contribution in [2.45, 2.75) is 13.3 Å². The number of hydrogen-bond acceptors (Lipinski definition) is 3. The lowest BCUT2D eigenvalue weighted by Crippen LogP contribution is -1.96. The van der Waals surface area contributed by atoms with Crippen LogP contribution in [0.25, 0.3) is 0 Å². The van der Waals surface area contributed by atoms with Crippen molar-refractivity contribution in [3.8, 4) is 5.75 Å². The second-order valence-electron chi connectivity index (χ2n) is 4.42. The highest BCUT2D eigenvalue weighted by atomic mass is 35.5. The lowest BCUT2D eigenvalue weighted by molar-refractivity contribution is 0.317. The van der Waals surface area contributed by atoms with Crippen LogP contribution in [0.1, 0.15) is 18.9 Å². The molecule has 0 unspecified atom stereocenters. The summed E-state index contributed by atoms with van der Waals surface area (Å²) in [6.45, 7) is 2.71. The number of halogens is 2. The zero-order valence-electron chi connectivity index (χ0n) is 11.6. The van der Waals surface area contributed by atoms with E-state index >= 15 is 0 Å². The highest BCUT2D eigenvalue weighted by Gasteiger charge is 2.01. The summed E-state index contributed by atoms with van der Waals surface area (Å²) in [5.74, 6) is 0.696. The number of hydrogen-bond donors (Lipinski definition) is 1. The maximum absolute atomic E-state index is 6.16. The van der Waals surface area contributed by atoms with E-state index in [0.29, 0.717) is 22.4 Å². The number of anilines is 1. The molecule has 0 spiro atoms. The molecule has 0 heterocycles. The van der Waals surface area contributed by atoms with Gasteiger partial charge in [-0.15, -0.1) is 0 Å². The Morgan fingerprint density at radius 3 is 2.57 bits per heavy atom. The molecule has 2 rings (SSSR count). The van der Waals surface area contributed by atoms with Crippen LogP contribution in [-0.2, 0) is 0 Å². The van der Waals surface area contributed by atoms with Crippen molar-refractivity contribution in [2.75, 3.05) is 12.0 Å². The van der Waals surface area contributed by atoms with Crippen LogP contribution in [-0.4, -0.2) is 12.8 Å². The summed E-state index contributed by atoms with van der Waals surface area (Å²) >= 11 is 12.0. The molecular formula is C16H16Cl2N2O. The van der Waals surface area contributed by atoms with Crippen molar-refractivity contribution in [1.82, 2.24) is 0 Å². The molecule has 5 heteroatoms. The van der Waals surface area contributed by atoms with Crippen molar-refractivity contribution in [3.63, 3.8) is 0 Å². The summed E-state index contributed by atoms with van der Waals surface area (Å²) in [7, 11) is 0. The molecule has 0 bridgehead atoms. The van der Waals surface area contributed by atoms with Gasteiger partial charge in [-0.1, -0.05) is 30.1 Å². The third kappa shape index (κ3) is 4.96. The zero-order valence-corrected chi connectivity index (χ0v) is 13.2. The predicted octanol–water partition coefficient (Wildman–Crippen LogP) is 5.23. The molecule has 0 radical (unpaired) electrons. The molecule has 0 saturated carbocycles. The molecule has 0 amide bonds. The highest BCUT2D eigenvalue weighted by Crippen LogP contribution is 2.25. The van der Waals surface area contributed by atoms with E-state index in [2.05, 4.69) is 17.5 Å². The molecule has 21 heavy (non-hydrogen) atoms. The van der Waals surface area contributed by atoms with Crippen LogP contribution in [0.15, 0.2) is 47.6 Å². The van der Waals surface area contributed by atoms with Crippen LogP contribution in [0.5, 0.6) is 5.75 Å². The lowest BCUT2D eigenvalue weighted by Gasteiger charge is -2.07. The van der Waals surface area contributed by atoms with Gasteiger partial charge in [0.25, 0.3) is 0 Å².